The van der Waals surface area contributed by atoms with E-state index in [2.05, 4.69) is 20.5 Å². The van der Waals surface area contributed by atoms with E-state index in [9.17, 15) is 14.9 Å². The Morgan fingerprint density at radius 3 is 2.74 bits per heavy atom. The SMILES string of the molecule is Cc1cc(=O)[nH]c(N/N=C\c2ccc(N(C)C)c([N+](=O)[O-])c2)n1. The molecular weight excluding hydrogens is 300 g/mol. The second kappa shape index (κ2) is 6.69. The average molecular weight is 316 g/mol. The van der Waals surface area contributed by atoms with E-state index < -0.39 is 4.92 Å². The van der Waals surface area contributed by atoms with E-state index in [1.807, 2.05) is 0 Å². The summed E-state index contributed by atoms with van der Waals surface area (Å²) in [5, 5.41) is 15.0. The van der Waals surface area contributed by atoms with Crippen LogP contribution in [0.15, 0.2) is 34.2 Å². The maximum atomic E-state index is 11.3. The van der Waals surface area contributed by atoms with Crippen LogP contribution in [-0.4, -0.2) is 35.2 Å². The van der Waals surface area contributed by atoms with Crippen molar-refractivity contribution in [1.29, 1.82) is 0 Å². The number of aromatic nitrogens is 2. The predicted octanol–water partition coefficient (Wildman–Crippen LogP) is 1.50. The lowest BCUT2D eigenvalue weighted by atomic mass is 10.2. The van der Waals surface area contributed by atoms with Crippen LogP contribution in [0.2, 0.25) is 0 Å². The molecule has 0 spiro atoms. The smallest absolute Gasteiger partial charge is 0.293 e. The van der Waals surface area contributed by atoms with Crippen LogP contribution in [0, 0.1) is 17.0 Å². The summed E-state index contributed by atoms with van der Waals surface area (Å²) in [6.07, 6.45) is 1.41. The van der Waals surface area contributed by atoms with E-state index in [1.165, 1.54) is 18.3 Å². The van der Waals surface area contributed by atoms with E-state index >= 15 is 0 Å². The van der Waals surface area contributed by atoms with Gasteiger partial charge in [0.05, 0.1) is 11.1 Å². The zero-order valence-electron chi connectivity index (χ0n) is 12.9. The van der Waals surface area contributed by atoms with Crippen molar-refractivity contribution >= 4 is 23.5 Å². The fraction of sp³-hybridized carbons (Fsp3) is 0.214. The van der Waals surface area contributed by atoms with Crippen LogP contribution in [0.3, 0.4) is 0 Å². The lowest BCUT2D eigenvalue weighted by Gasteiger charge is -2.12. The van der Waals surface area contributed by atoms with Gasteiger partial charge in [0.15, 0.2) is 0 Å². The Balaban J connectivity index is 2.21. The van der Waals surface area contributed by atoms with Gasteiger partial charge in [0, 0.05) is 37.5 Å². The van der Waals surface area contributed by atoms with Gasteiger partial charge in [0.2, 0.25) is 5.95 Å². The third-order valence-corrected chi connectivity index (χ3v) is 2.93. The number of nitro groups is 1. The van der Waals surface area contributed by atoms with Crippen molar-refractivity contribution in [1.82, 2.24) is 9.97 Å². The Hall–Kier alpha value is -3.23. The molecule has 0 saturated heterocycles. The number of nitrogens with zero attached hydrogens (tertiary/aromatic N) is 4. The number of nitrogens with one attached hydrogen (secondary N) is 2. The second-order valence-corrected chi connectivity index (χ2v) is 5.01. The first-order valence-electron chi connectivity index (χ1n) is 6.69. The minimum Gasteiger partial charge on any atom is -0.372 e. The number of anilines is 2. The third-order valence-electron chi connectivity index (χ3n) is 2.93. The number of hydrogen-bond acceptors (Lipinski definition) is 7. The zero-order chi connectivity index (χ0) is 17.0. The first-order chi connectivity index (χ1) is 10.9. The van der Waals surface area contributed by atoms with Crippen molar-refractivity contribution in [3.63, 3.8) is 0 Å². The maximum absolute atomic E-state index is 11.3. The Morgan fingerprint density at radius 1 is 1.39 bits per heavy atom. The lowest BCUT2D eigenvalue weighted by Crippen LogP contribution is -2.11. The summed E-state index contributed by atoms with van der Waals surface area (Å²) in [7, 11) is 3.47. The third kappa shape index (κ3) is 4.13. The number of hydrazone groups is 1. The molecular formula is C14H16N6O3. The Morgan fingerprint density at radius 2 is 2.13 bits per heavy atom. The van der Waals surface area contributed by atoms with Crippen LogP contribution in [0.4, 0.5) is 17.3 Å². The van der Waals surface area contributed by atoms with E-state index in [4.69, 9.17) is 0 Å². The Bertz CT molecular complexity index is 812. The maximum Gasteiger partial charge on any atom is 0.293 e. The van der Waals surface area contributed by atoms with Crippen LogP contribution < -0.4 is 15.9 Å². The van der Waals surface area contributed by atoms with Crippen molar-refractivity contribution in [2.45, 2.75) is 6.92 Å². The van der Waals surface area contributed by atoms with Gasteiger partial charge in [-0.3, -0.25) is 19.9 Å². The standard InChI is InChI=1S/C14H16N6O3/c1-9-6-13(21)17-14(16-9)18-15-8-10-4-5-11(19(2)3)12(7-10)20(22)23/h4-8H,1-3H3,(H2,16,17,18,21)/b15-8-. The van der Waals surface area contributed by atoms with Crippen molar-refractivity contribution in [2.75, 3.05) is 24.4 Å². The van der Waals surface area contributed by atoms with Crippen LogP contribution in [-0.2, 0) is 0 Å². The van der Waals surface area contributed by atoms with Gasteiger partial charge in [0.25, 0.3) is 11.2 Å². The number of hydrogen-bond donors (Lipinski definition) is 2. The van der Waals surface area contributed by atoms with E-state index in [0.717, 1.165) is 0 Å². The van der Waals surface area contributed by atoms with Crippen LogP contribution >= 0.6 is 0 Å². The summed E-state index contributed by atoms with van der Waals surface area (Å²) < 4.78 is 0. The molecule has 0 aliphatic carbocycles. The fourth-order valence-corrected chi connectivity index (χ4v) is 1.95. The quantitative estimate of drug-likeness (QED) is 0.490. The number of benzene rings is 1. The second-order valence-electron chi connectivity index (χ2n) is 5.01. The first kappa shape index (κ1) is 16.1. The summed E-state index contributed by atoms with van der Waals surface area (Å²) in [5.41, 5.74) is 3.88. The van der Waals surface area contributed by atoms with Gasteiger partial charge in [-0.25, -0.2) is 10.4 Å². The van der Waals surface area contributed by atoms with E-state index in [-0.39, 0.29) is 17.2 Å². The molecule has 120 valence electrons. The number of nitro benzene ring substituents is 1. The van der Waals surface area contributed by atoms with Crippen molar-refractivity contribution in [3.8, 4) is 0 Å². The normalized spacial score (nSPS) is 10.7. The zero-order valence-corrected chi connectivity index (χ0v) is 12.9. The van der Waals surface area contributed by atoms with Crippen LogP contribution in [0.1, 0.15) is 11.3 Å². The molecule has 1 aromatic heterocycles. The molecule has 0 bridgehead atoms. The minimum absolute atomic E-state index is 0.0129. The van der Waals surface area contributed by atoms with Gasteiger partial charge in [-0.2, -0.15) is 5.10 Å². The number of rotatable bonds is 5. The molecule has 2 rings (SSSR count). The van der Waals surface area contributed by atoms with Gasteiger partial charge in [-0.15, -0.1) is 0 Å². The summed E-state index contributed by atoms with van der Waals surface area (Å²) in [4.78, 5) is 30.2. The Kier molecular flexibility index (Phi) is 4.69. The van der Waals surface area contributed by atoms with Gasteiger partial charge < -0.3 is 4.90 Å². The summed E-state index contributed by atoms with van der Waals surface area (Å²) >= 11 is 0. The molecule has 0 radical (unpaired) electrons. The highest BCUT2D eigenvalue weighted by Gasteiger charge is 2.15. The van der Waals surface area contributed by atoms with Gasteiger partial charge in [-0.1, -0.05) is 6.07 Å². The highest BCUT2D eigenvalue weighted by Crippen LogP contribution is 2.27. The van der Waals surface area contributed by atoms with Gasteiger partial charge >= 0.3 is 0 Å². The largest absolute Gasteiger partial charge is 0.372 e. The minimum atomic E-state index is -0.445. The molecule has 0 saturated carbocycles. The van der Waals surface area contributed by atoms with E-state index in [0.29, 0.717) is 16.9 Å². The number of aromatic amines is 1. The molecule has 23 heavy (non-hydrogen) atoms. The van der Waals surface area contributed by atoms with Gasteiger partial charge in [-0.05, 0) is 13.0 Å². The molecule has 9 heteroatoms. The molecule has 2 aromatic rings. The molecule has 9 nitrogen and oxygen atoms in total. The van der Waals surface area contributed by atoms with Gasteiger partial charge in [0.1, 0.15) is 5.69 Å². The van der Waals surface area contributed by atoms with Crippen molar-refractivity contribution in [2.24, 2.45) is 5.10 Å². The highest BCUT2D eigenvalue weighted by molar-refractivity contribution is 5.83. The topological polar surface area (TPSA) is 117 Å². The molecule has 0 aliphatic rings. The van der Waals surface area contributed by atoms with Crippen LogP contribution in [0.25, 0.3) is 0 Å². The van der Waals surface area contributed by atoms with Crippen molar-refractivity contribution in [3.05, 3.63) is 56.0 Å². The molecule has 0 atom stereocenters. The molecule has 1 aromatic carbocycles. The molecule has 0 amide bonds. The first-order valence-corrected chi connectivity index (χ1v) is 6.69. The average Bonchev–Trinajstić information content (AvgIpc) is 2.45. The molecule has 1 heterocycles. The number of aryl methyl sites for hydroxylation is 1. The van der Waals surface area contributed by atoms with Crippen LogP contribution in [0.5, 0.6) is 0 Å². The summed E-state index contributed by atoms with van der Waals surface area (Å²) in [6.45, 7) is 1.69. The number of H-pyrrole nitrogens is 1. The molecule has 0 aliphatic heterocycles. The monoisotopic (exact) mass is 316 g/mol. The van der Waals surface area contributed by atoms with E-state index in [1.54, 1.807) is 38.1 Å². The predicted molar refractivity (Wildman–Crippen MR) is 88.2 cm³/mol. The highest BCUT2D eigenvalue weighted by atomic mass is 16.6. The molecule has 0 fully saturated rings. The molecule has 2 N–H and O–H groups in total. The molecule has 0 unspecified atom stereocenters. The fourth-order valence-electron chi connectivity index (χ4n) is 1.95. The van der Waals surface area contributed by atoms with Crippen molar-refractivity contribution < 1.29 is 4.92 Å². The summed E-state index contributed by atoms with van der Waals surface area (Å²) in [6, 6.07) is 6.14. The lowest BCUT2D eigenvalue weighted by molar-refractivity contribution is -0.384. The Labute approximate surface area is 131 Å². The summed E-state index contributed by atoms with van der Waals surface area (Å²) in [5.74, 6) is 0.200.